The lowest BCUT2D eigenvalue weighted by Gasteiger charge is -2.14. The summed E-state index contributed by atoms with van der Waals surface area (Å²) in [7, 11) is -3.36. The Hall–Kier alpha value is -0.950. The summed E-state index contributed by atoms with van der Waals surface area (Å²) in [6, 6.07) is 9.00. The molecular weight excluding hydrogens is 266 g/mol. The van der Waals surface area contributed by atoms with Crippen LogP contribution in [0.5, 0.6) is 0 Å². The molecule has 1 aromatic carbocycles. The van der Waals surface area contributed by atoms with Crippen molar-refractivity contribution in [3.05, 3.63) is 35.9 Å². The second-order valence-corrected chi connectivity index (χ2v) is 6.64. The van der Waals surface area contributed by atoms with Gasteiger partial charge in [-0.2, -0.15) is 0 Å². The highest BCUT2D eigenvalue weighted by molar-refractivity contribution is 7.89. The molecule has 2 N–H and O–H groups in total. The largest absolute Gasteiger partial charge is 0.387 e. The Kier molecular flexibility index (Phi) is 4.93. The number of nitrogens with one attached hydrogen (secondary N) is 1. The molecule has 0 radical (unpaired) electrons. The first-order valence-electron chi connectivity index (χ1n) is 6.35. The van der Waals surface area contributed by atoms with Crippen molar-refractivity contribution in [3.8, 4) is 0 Å². The number of ether oxygens (including phenoxy) is 1. The number of sulfonamides is 1. The van der Waals surface area contributed by atoms with E-state index in [0.29, 0.717) is 18.8 Å². The van der Waals surface area contributed by atoms with Crippen LogP contribution in [-0.2, 0) is 14.8 Å². The molecule has 1 heterocycles. The van der Waals surface area contributed by atoms with Crippen molar-refractivity contribution in [3.63, 3.8) is 0 Å². The van der Waals surface area contributed by atoms with Crippen molar-refractivity contribution < 1.29 is 18.3 Å². The summed E-state index contributed by atoms with van der Waals surface area (Å²) in [5, 5.41) is 9.89. The minimum absolute atomic E-state index is 0.0000756. The fourth-order valence-corrected chi connectivity index (χ4v) is 3.50. The fourth-order valence-electron chi connectivity index (χ4n) is 2.08. The topological polar surface area (TPSA) is 75.6 Å². The van der Waals surface area contributed by atoms with Gasteiger partial charge in [0.2, 0.25) is 10.0 Å². The summed E-state index contributed by atoms with van der Waals surface area (Å²) in [5.74, 6) is 0.125. The second kappa shape index (κ2) is 6.47. The average Bonchev–Trinajstić information content (AvgIpc) is 2.89. The minimum Gasteiger partial charge on any atom is -0.387 e. The molecule has 106 valence electrons. The highest BCUT2D eigenvalue weighted by atomic mass is 32.2. The quantitative estimate of drug-likeness (QED) is 0.806. The van der Waals surface area contributed by atoms with Gasteiger partial charge in [-0.1, -0.05) is 30.3 Å². The van der Waals surface area contributed by atoms with Crippen LogP contribution in [0.2, 0.25) is 0 Å². The van der Waals surface area contributed by atoms with E-state index in [1.54, 1.807) is 12.1 Å². The number of hydrogen-bond donors (Lipinski definition) is 2. The Morgan fingerprint density at radius 2 is 2.11 bits per heavy atom. The third-order valence-electron chi connectivity index (χ3n) is 3.16. The molecule has 1 aliphatic heterocycles. The average molecular weight is 285 g/mol. The first kappa shape index (κ1) is 14.5. The molecular formula is C13H19NO4S. The molecule has 1 fully saturated rings. The van der Waals surface area contributed by atoms with Gasteiger partial charge in [0.15, 0.2) is 0 Å². The summed E-state index contributed by atoms with van der Waals surface area (Å²) in [4.78, 5) is 0. The summed E-state index contributed by atoms with van der Waals surface area (Å²) in [6.07, 6.45) is -0.0434. The minimum atomic E-state index is -3.36. The molecule has 1 aromatic rings. The molecule has 0 amide bonds. The van der Waals surface area contributed by atoms with Crippen LogP contribution in [0.4, 0.5) is 0 Å². The fraction of sp³-hybridized carbons (Fsp3) is 0.538. The Balaban J connectivity index is 1.83. The number of rotatable bonds is 6. The predicted octanol–water partition coefficient (Wildman–Crippen LogP) is 0.676. The zero-order chi connectivity index (χ0) is 13.7. The normalized spacial score (nSPS) is 21.4. The van der Waals surface area contributed by atoms with Gasteiger partial charge in [0.05, 0.1) is 18.5 Å². The third-order valence-corrected chi connectivity index (χ3v) is 4.68. The van der Waals surface area contributed by atoms with E-state index in [9.17, 15) is 13.5 Å². The van der Waals surface area contributed by atoms with E-state index in [1.807, 2.05) is 18.2 Å². The van der Waals surface area contributed by atoms with Crippen molar-refractivity contribution in [1.29, 1.82) is 0 Å². The lowest BCUT2D eigenvalue weighted by molar-refractivity contribution is 0.181. The van der Waals surface area contributed by atoms with Crippen LogP contribution in [0.3, 0.4) is 0 Å². The zero-order valence-corrected chi connectivity index (χ0v) is 11.5. The summed E-state index contributed by atoms with van der Waals surface area (Å²) < 4.78 is 31.3. The Bertz CT molecular complexity index is 483. The van der Waals surface area contributed by atoms with Gasteiger partial charge in [-0.15, -0.1) is 0 Å². The van der Waals surface area contributed by atoms with E-state index < -0.39 is 16.1 Å². The van der Waals surface area contributed by atoms with E-state index in [1.165, 1.54) is 0 Å². The maximum absolute atomic E-state index is 11.8. The van der Waals surface area contributed by atoms with Crippen LogP contribution in [-0.4, -0.2) is 39.0 Å². The van der Waals surface area contributed by atoms with Crippen molar-refractivity contribution in [2.75, 3.05) is 25.5 Å². The van der Waals surface area contributed by atoms with Gasteiger partial charge in [-0.25, -0.2) is 13.1 Å². The van der Waals surface area contributed by atoms with Crippen LogP contribution in [0, 0.1) is 5.92 Å². The van der Waals surface area contributed by atoms with E-state index in [-0.39, 0.29) is 18.2 Å². The summed E-state index contributed by atoms with van der Waals surface area (Å²) >= 11 is 0. The van der Waals surface area contributed by atoms with Crippen LogP contribution >= 0.6 is 0 Å². The van der Waals surface area contributed by atoms with Gasteiger partial charge in [-0.3, -0.25) is 0 Å². The number of aliphatic hydroxyl groups is 1. The van der Waals surface area contributed by atoms with Gasteiger partial charge in [0, 0.05) is 13.2 Å². The van der Waals surface area contributed by atoms with Gasteiger partial charge in [0.25, 0.3) is 0 Å². The number of benzene rings is 1. The molecule has 0 spiro atoms. The van der Waals surface area contributed by atoms with Gasteiger partial charge in [-0.05, 0) is 17.9 Å². The Morgan fingerprint density at radius 1 is 1.37 bits per heavy atom. The highest BCUT2D eigenvalue weighted by Crippen LogP contribution is 2.15. The van der Waals surface area contributed by atoms with Crippen molar-refractivity contribution >= 4 is 10.0 Å². The van der Waals surface area contributed by atoms with Crippen molar-refractivity contribution in [2.45, 2.75) is 12.5 Å². The molecule has 0 saturated carbocycles. The molecule has 0 aliphatic carbocycles. The first-order valence-corrected chi connectivity index (χ1v) is 8.00. The van der Waals surface area contributed by atoms with E-state index in [2.05, 4.69) is 4.72 Å². The van der Waals surface area contributed by atoms with E-state index >= 15 is 0 Å². The summed E-state index contributed by atoms with van der Waals surface area (Å²) in [5.41, 5.74) is 0.703. The van der Waals surface area contributed by atoms with Crippen molar-refractivity contribution in [2.24, 2.45) is 5.92 Å². The SMILES string of the molecule is O=S(=O)(C[C@H]1CCOC1)NC[C@@H](O)c1ccccc1. The molecule has 0 unspecified atom stereocenters. The van der Waals surface area contributed by atoms with Crippen LogP contribution in [0.25, 0.3) is 0 Å². The van der Waals surface area contributed by atoms with Crippen molar-refractivity contribution in [1.82, 2.24) is 4.72 Å². The number of aliphatic hydroxyl groups excluding tert-OH is 1. The lowest BCUT2D eigenvalue weighted by atomic mass is 10.1. The first-order chi connectivity index (χ1) is 9.07. The van der Waals surface area contributed by atoms with Gasteiger partial charge in [0.1, 0.15) is 0 Å². The van der Waals surface area contributed by atoms with E-state index in [0.717, 1.165) is 6.42 Å². The zero-order valence-electron chi connectivity index (χ0n) is 10.7. The monoisotopic (exact) mass is 285 g/mol. The Morgan fingerprint density at radius 3 is 2.74 bits per heavy atom. The maximum Gasteiger partial charge on any atom is 0.212 e. The van der Waals surface area contributed by atoms with Gasteiger partial charge >= 0.3 is 0 Å². The molecule has 2 rings (SSSR count). The molecule has 5 nitrogen and oxygen atoms in total. The standard InChI is InChI=1S/C13H19NO4S/c15-13(12-4-2-1-3-5-12)8-14-19(16,17)10-11-6-7-18-9-11/h1-5,11,13-15H,6-10H2/t11-,13+/m0/s1. The third kappa shape index (κ3) is 4.58. The second-order valence-electron chi connectivity index (χ2n) is 4.79. The predicted molar refractivity (Wildman–Crippen MR) is 72.1 cm³/mol. The maximum atomic E-state index is 11.8. The van der Waals surface area contributed by atoms with Gasteiger partial charge < -0.3 is 9.84 Å². The molecule has 2 atom stereocenters. The molecule has 1 saturated heterocycles. The molecule has 6 heteroatoms. The molecule has 0 aromatic heterocycles. The van der Waals surface area contributed by atoms with Crippen LogP contribution in [0.15, 0.2) is 30.3 Å². The molecule has 0 bridgehead atoms. The molecule has 19 heavy (non-hydrogen) atoms. The lowest BCUT2D eigenvalue weighted by Crippen LogP contribution is -2.33. The number of hydrogen-bond acceptors (Lipinski definition) is 4. The highest BCUT2D eigenvalue weighted by Gasteiger charge is 2.23. The Labute approximate surface area is 113 Å². The van der Waals surface area contributed by atoms with Crippen LogP contribution < -0.4 is 4.72 Å². The van der Waals surface area contributed by atoms with Crippen LogP contribution in [0.1, 0.15) is 18.1 Å². The smallest absolute Gasteiger partial charge is 0.212 e. The molecule has 1 aliphatic rings. The summed E-state index contributed by atoms with van der Waals surface area (Å²) in [6.45, 7) is 1.13. The van der Waals surface area contributed by atoms with E-state index in [4.69, 9.17) is 4.74 Å².